The Morgan fingerprint density at radius 3 is 2.73 bits per heavy atom. The van der Waals surface area contributed by atoms with Crippen LogP contribution in [0.15, 0.2) is 24.5 Å². The van der Waals surface area contributed by atoms with Gasteiger partial charge in [-0.1, -0.05) is 18.9 Å². The van der Waals surface area contributed by atoms with Gasteiger partial charge in [0.15, 0.2) is 0 Å². The van der Waals surface area contributed by atoms with Crippen LogP contribution in [0.3, 0.4) is 0 Å². The Morgan fingerprint density at radius 1 is 1.40 bits per heavy atom. The molecule has 2 rings (SSSR count). The van der Waals surface area contributed by atoms with E-state index in [4.69, 9.17) is 0 Å². The third-order valence-electron chi connectivity index (χ3n) is 3.24. The molecular weight excluding hydrogens is 190 g/mol. The van der Waals surface area contributed by atoms with E-state index in [0.717, 1.165) is 18.4 Å². The van der Waals surface area contributed by atoms with Crippen LogP contribution in [0.25, 0.3) is 0 Å². The van der Waals surface area contributed by atoms with Gasteiger partial charge in [0.1, 0.15) is 0 Å². The normalized spacial score (nSPS) is 21.5. The van der Waals surface area contributed by atoms with Gasteiger partial charge in [0, 0.05) is 18.8 Å². The van der Waals surface area contributed by atoms with Gasteiger partial charge >= 0.3 is 0 Å². The minimum absolute atomic E-state index is 0.490. The van der Waals surface area contributed by atoms with E-state index in [1.165, 1.54) is 0 Å². The van der Waals surface area contributed by atoms with E-state index >= 15 is 0 Å². The highest BCUT2D eigenvalue weighted by Gasteiger charge is 2.38. The highest BCUT2D eigenvalue weighted by molar-refractivity contribution is 5.11. The van der Waals surface area contributed by atoms with Crippen LogP contribution in [-0.4, -0.2) is 26.9 Å². The van der Waals surface area contributed by atoms with E-state index in [1.54, 1.807) is 12.4 Å². The summed E-state index contributed by atoms with van der Waals surface area (Å²) < 4.78 is 0. The molecular formula is C12H17NO2. The molecule has 3 heteroatoms. The first-order valence-corrected chi connectivity index (χ1v) is 5.50. The van der Waals surface area contributed by atoms with Crippen LogP contribution in [-0.2, 0) is 6.42 Å². The lowest BCUT2D eigenvalue weighted by Gasteiger charge is -2.28. The van der Waals surface area contributed by atoms with Crippen molar-refractivity contribution in [2.75, 3.05) is 0 Å². The Kier molecular flexibility index (Phi) is 3.03. The SMILES string of the molecule is OC(Cc1cccnc1)C1(O)CCCC1. The van der Waals surface area contributed by atoms with Crippen molar-refractivity contribution < 1.29 is 10.2 Å². The van der Waals surface area contributed by atoms with Gasteiger partial charge < -0.3 is 10.2 Å². The average molecular weight is 207 g/mol. The van der Waals surface area contributed by atoms with Gasteiger partial charge in [-0.15, -0.1) is 0 Å². The summed E-state index contributed by atoms with van der Waals surface area (Å²) in [4.78, 5) is 3.99. The fourth-order valence-corrected chi connectivity index (χ4v) is 2.25. The minimum Gasteiger partial charge on any atom is -0.390 e. The van der Waals surface area contributed by atoms with E-state index in [-0.39, 0.29) is 0 Å². The molecule has 1 fully saturated rings. The summed E-state index contributed by atoms with van der Waals surface area (Å²) in [6.45, 7) is 0. The number of aromatic nitrogens is 1. The zero-order valence-electron chi connectivity index (χ0n) is 8.76. The van der Waals surface area contributed by atoms with Crippen molar-refractivity contribution in [1.82, 2.24) is 4.98 Å². The lowest BCUT2D eigenvalue weighted by Crippen LogP contribution is -2.40. The van der Waals surface area contributed by atoms with Crippen LogP contribution in [0, 0.1) is 0 Å². The van der Waals surface area contributed by atoms with Crippen molar-refractivity contribution in [3.05, 3.63) is 30.1 Å². The number of pyridine rings is 1. The first-order chi connectivity index (χ1) is 7.21. The van der Waals surface area contributed by atoms with Gasteiger partial charge in [0.25, 0.3) is 0 Å². The molecule has 0 aliphatic heterocycles. The van der Waals surface area contributed by atoms with E-state index in [9.17, 15) is 10.2 Å². The van der Waals surface area contributed by atoms with Crippen molar-refractivity contribution in [2.45, 2.75) is 43.8 Å². The summed E-state index contributed by atoms with van der Waals surface area (Å²) in [5.41, 5.74) is 0.112. The maximum absolute atomic E-state index is 10.2. The molecule has 0 saturated heterocycles. The van der Waals surface area contributed by atoms with Crippen LogP contribution in [0.5, 0.6) is 0 Å². The highest BCUT2D eigenvalue weighted by Crippen LogP contribution is 2.33. The van der Waals surface area contributed by atoms with E-state index in [0.29, 0.717) is 19.3 Å². The quantitative estimate of drug-likeness (QED) is 0.785. The predicted molar refractivity (Wildman–Crippen MR) is 57.4 cm³/mol. The van der Waals surface area contributed by atoms with Crippen LogP contribution in [0.2, 0.25) is 0 Å². The fraction of sp³-hybridized carbons (Fsp3) is 0.583. The molecule has 0 spiro atoms. The molecule has 1 aliphatic rings. The second-order valence-electron chi connectivity index (χ2n) is 4.39. The Hall–Kier alpha value is -0.930. The number of hydrogen-bond acceptors (Lipinski definition) is 3. The minimum atomic E-state index is -0.865. The third-order valence-corrected chi connectivity index (χ3v) is 3.24. The molecule has 0 aromatic carbocycles. The van der Waals surface area contributed by atoms with Gasteiger partial charge in [-0.3, -0.25) is 4.98 Å². The molecule has 0 amide bonds. The number of nitrogens with zero attached hydrogens (tertiary/aromatic N) is 1. The van der Waals surface area contributed by atoms with Crippen molar-refractivity contribution >= 4 is 0 Å². The predicted octanol–water partition coefficient (Wildman–Crippen LogP) is 1.29. The van der Waals surface area contributed by atoms with E-state index in [1.807, 2.05) is 12.1 Å². The van der Waals surface area contributed by atoms with Gasteiger partial charge in [0.05, 0.1) is 11.7 Å². The van der Waals surface area contributed by atoms with E-state index < -0.39 is 11.7 Å². The standard InChI is InChI=1S/C12H17NO2/c14-11(12(15)5-1-2-6-12)8-10-4-3-7-13-9-10/h3-4,7,9,11,14-15H,1-2,5-6,8H2. The lowest BCUT2D eigenvalue weighted by atomic mass is 9.90. The summed E-state index contributed by atoms with van der Waals surface area (Å²) in [6, 6.07) is 3.77. The van der Waals surface area contributed by atoms with Gasteiger partial charge in [-0.05, 0) is 24.5 Å². The first kappa shape index (κ1) is 10.6. The Morgan fingerprint density at radius 2 is 2.13 bits per heavy atom. The molecule has 1 aromatic rings. The molecule has 2 N–H and O–H groups in total. The summed E-state index contributed by atoms with van der Waals surface area (Å²) in [6.07, 6.45) is 6.74. The molecule has 0 bridgehead atoms. The zero-order chi connectivity index (χ0) is 10.7. The highest BCUT2D eigenvalue weighted by atomic mass is 16.3. The molecule has 1 atom stereocenters. The Balaban J connectivity index is 2.00. The third kappa shape index (κ3) is 2.36. The molecule has 1 heterocycles. The molecule has 1 unspecified atom stereocenters. The molecule has 3 nitrogen and oxygen atoms in total. The monoisotopic (exact) mass is 207 g/mol. The molecule has 1 aliphatic carbocycles. The molecule has 0 radical (unpaired) electrons. The summed E-state index contributed by atoms with van der Waals surface area (Å²) in [7, 11) is 0. The first-order valence-electron chi connectivity index (χ1n) is 5.50. The zero-order valence-corrected chi connectivity index (χ0v) is 8.76. The lowest BCUT2D eigenvalue weighted by molar-refractivity contribution is -0.0689. The van der Waals surface area contributed by atoms with Gasteiger partial charge in [-0.25, -0.2) is 0 Å². The molecule has 1 saturated carbocycles. The van der Waals surface area contributed by atoms with Gasteiger partial charge in [0.2, 0.25) is 0 Å². The number of rotatable bonds is 3. The molecule has 82 valence electrons. The average Bonchev–Trinajstić information content (AvgIpc) is 2.68. The Labute approximate surface area is 89.8 Å². The summed E-state index contributed by atoms with van der Waals surface area (Å²) in [5, 5.41) is 20.1. The van der Waals surface area contributed by atoms with Crippen molar-refractivity contribution in [3.8, 4) is 0 Å². The number of hydrogen-bond donors (Lipinski definition) is 2. The van der Waals surface area contributed by atoms with E-state index in [2.05, 4.69) is 4.98 Å². The van der Waals surface area contributed by atoms with Crippen molar-refractivity contribution in [3.63, 3.8) is 0 Å². The Bertz CT molecular complexity index is 307. The molecule has 1 aromatic heterocycles. The second-order valence-corrected chi connectivity index (χ2v) is 4.39. The van der Waals surface area contributed by atoms with Crippen LogP contribution in [0.1, 0.15) is 31.2 Å². The second kappa shape index (κ2) is 4.29. The topological polar surface area (TPSA) is 53.4 Å². The number of aliphatic hydroxyl groups is 2. The van der Waals surface area contributed by atoms with Crippen LogP contribution in [0.4, 0.5) is 0 Å². The van der Waals surface area contributed by atoms with Crippen LogP contribution >= 0.6 is 0 Å². The summed E-state index contributed by atoms with van der Waals surface area (Å²) >= 11 is 0. The van der Waals surface area contributed by atoms with Gasteiger partial charge in [-0.2, -0.15) is 0 Å². The summed E-state index contributed by atoms with van der Waals surface area (Å²) in [5.74, 6) is 0. The molecule has 15 heavy (non-hydrogen) atoms. The fourth-order valence-electron chi connectivity index (χ4n) is 2.25. The smallest absolute Gasteiger partial charge is 0.0908 e. The van der Waals surface area contributed by atoms with Crippen molar-refractivity contribution in [1.29, 1.82) is 0 Å². The van der Waals surface area contributed by atoms with Crippen LogP contribution < -0.4 is 0 Å². The largest absolute Gasteiger partial charge is 0.390 e. The maximum atomic E-state index is 10.2. The maximum Gasteiger partial charge on any atom is 0.0908 e. The number of aliphatic hydroxyl groups excluding tert-OH is 1. The van der Waals surface area contributed by atoms with Crippen molar-refractivity contribution in [2.24, 2.45) is 0 Å².